The molecule has 1 nitrogen and oxygen atoms in total. The number of benzene rings is 1. The summed E-state index contributed by atoms with van der Waals surface area (Å²) in [4.78, 5) is 6.04. The van der Waals surface area contributed by atoms with E-state index in [9.17, 15) is 0 Å². The molecule has 0 aliphatic heterocycles. The van der Waals surface area contributed by atoms with Gasteiger partial charge in [0.05, 0.1) is 10.7 Å². The minimum absolute atomic E-state index is 1.11. The third-order valence-electron chi connectivity index (χ3n) is 2.40. The van der Waals surface area contributed by atoms with E-state index in [0.717, 1.165) is 21.6 Å². The molecule has 0 fully saturated rings. The van der Waals surface area contributed by atoms with E-state index in [1.54, 1.807) is 0 Å². The molecule has 2 aromatic rings. The lowest BCUT2D eigenvalue weighted by atomic mass is 10.1. The maximum Gasteiger partial charge on any atom is 0.0904 e. The standard InChI is InChI=1S/C13H14BrNS/c1-3-4-12-13(15-9(2)16-12)10-5-7-11(14)8-6-10/h5-8H,3-4H2,1-2H3. The van der Waals surface area contributed by atoms with E-state index in [-0.39, 0.29) is 0 Å². The van der Waals surface area contributed by atoms with Crippen molar-refractivity contribution in [3.63, 3.8) is 0 Å². The van der Waals surface area contributed by atoms with Gasteiger partial charge in [0.25, 0.3) is 0 Å². The molecule has 0 unspecified atom stereocenters. The fraction of sp³-hybridized carbons (Fsp3) is 0.308. The molecule has 0 atom stereocenters. The van der Waals surface area contributed by atoms with Crippen LogP contribution in [-0.4, -0.2) is 4.98 Å². The normalized spacial score (nSPS) is 10.7. The molecule has 0 amide bonds. The lowest BCUT2D eigenvalue weighted by Gasteiger charge is -2.01. The van der Waals surface area contributed by atoms with Crippen LogP contribution in [-0.2, 0) is 6.42 Å². The van der Waals surface area contributed by atoms with Crippen LogP contribution >= 0.6 is 27.3 Å². The van der Waals surface area contributed by atoms with Crippen molar-refractivity contribution in [1.29, 1.82) is 0 Å². The molecule has 0 saturated carbocycles. The van der Waals surface area contributed by atoms with E-state index in [1.165, 1.54) is 16.9 Å². The van der Waals surface area contributed by atoms with Gasteiger partial charge in [-0.3, -0.25) is 0 Å². The van der Waals surface area contributed by atoms with Crippen LogP contribution < -0.4 is 0 Å². The highest BCUT2D eigenvalue weighted by molar-refractivity contribution is 9.10. The molecule has 1 aromatic carbocycles. The van der Waals surface area contributed by atoms with E-state index in [4.69, 9.17) is 0 Å². The third kappa shape index (κ3) is 2.53. The Hall–Kier alpha value is -0.670. The summed E-state index contributed by atoms with van der Waals surface area (Å²) < 4.78 is 1.11. The molecule has 3 heteroatoms. The first-order valence-corrected chi connectivity index (χ1v) is 7.04. The highest BCUT2D eigenvalue weighted by atomic mass is 79.9. The number of thiazole rings is 1. The maximum atomic E-state index is 4.63. The van der Waals surface area contributed by atoms with Gasteiger partial charge < -0.3 is 0 Å². The summed E-state index contributed by atoms with van der Waals surface area (Å²) in [5.41, 5.74) is 2.38. The van der Waals surface area contributed by atoms with Crippen LogP contribution in [0.3, 0.4) is 0 Å². The van der Waals surface area contributed by atoms with Gasteiger partial charge >= 0.3 is 0 Å². The Kier molecular flexibility index (Phi) is 3.77. The van der Waals surface area contributed by atoms with E-state index >= 15 is 0 Å². The summed E-state index contributed by atoms with van der Waals surface area (Å²) in [6.07, 6.45) is 2.29. The van der Waals surface area contributed by atoms with Crippen molar-refractivity contribution in [1.82, 2.24) is 4.98 Å². The van der Waals surface area contributed by atoms with Gasteiger partial charge in [0, 0.05) is 14.9 Å². The summed E-state index contributed by atoms with van der Waals surface area (Å²) in [5.74, 6) is 0. The summed E-state index contributed by atoms with van der Waals surface area (Å²) in [7, 11) is 0. The molecule has 0 radical (unpaired) electrons. The molecule has 0 saturated heterocycles. The third-order valence-corrected chi connectivity index (χ3v) is 3.96. The van der Waals surface area contributed by atoms with Crippen LogP contribution in [0.4, 0.5) is 0 Å². The van der Waals surface area contributed by atoms with Gasteiger partial charge in [-0.15, -0.1) is 11.3 Å². The number of nitrogens with zero attached hydrogens (tertiary/aromatic N) is 1. The predicted octanol–water partition coefficient (Wildman–Crippen LogP) is 4.83. The number of halogens is 1. The van der Waals surface area contributed by atoms with Gasteiger partial charge in [0.2, 0.25) is 0 Å². The number of hydrogen-bond acceptors (Lipinski definition) is 2. The predicted molar refractivity (Wildman–Crippen MR) is 74.0 cm³/mol. The highest BCUT2D eigenvalue weighted by Gasteiger charge is 2.10. The Bertz CT molecular complexity index is 473. The molecular formula is C13H14BrNS. The number of aromatic nitrogens is 1. The quantitative estimate of drug-likeness (QED) is 0.790. The van der Waals surface area contributed by atoms with Crippen LogP contribution in [0.1, 0.15) is 23.2 Å². The van der Waals surface area contributed by atoms with Crippen molar-refractivity contribution in [3.8, 4) is 11.3 Å². The Morgan fingerprint density at radius 1 is 1.25 bits per heavy atom. The molecule has 84 valence electrons. The first-order valence-electron chi connectivity index (χ1n) is 5.43. The molecule has 0 bridgehead atoms. The average molecular weight is 296 g/mol. The van der Waals surface area contributed by atoms with Crippen LogP contribution in [0.15, 0.2) is 28.7 Å². The van der Waals surface area contributed by atoms with Crippen LogP contribution in [0, 0.1) is 6.92 Å². The summed E-state index contributed by atoms with van der Waals surface area (Å²) in [5, 5.41) is 1.15. The Balaban J connectivity index is 2.42. The van der Waals surface area contributed by atoms with Crippen molar-refractivity contribution in [3.05, 3.63) is 38.6 Å². The van der Waals surface area contributed by atoms with Crippen molar-refractivity contribution < 1.29 is 0 Å². The largest absolute Gasteiger partial charge is 0.241 e. The Labute approximate surface area is 109 Å². The van der Waals surface area contributed by atoms with Gasteiger partial charge in [-0.25, -0.2) is 4.98 Å². The Morgan fingerprint density at radius 2 is 1.94 bits per heavy atom. The van der Waals surface area contributed by atoms with Crippen LogP contribution in [0.5, 0.6) is 0 Å². The van der Waals surface area contributed by atoms with E-state index < -0.39 is 0 Å². The van der Waals surface area contributed by atoms with Crippen molar-refractivity contribution in [2.45, 2.75) is 26.7 Å². The van der Waals surface area contributed by atoms with E-state index in [1.807, 2.05) is 11.3 Å². The van der Waals surface area contributed by atoms with Crippen molar-refractivity contribution >= 4 is 27.3 Å². The zero-order chi connectivity index (χ0) is 11.5. The second-order valence-electron chi connectivity index (χ2n) is 3.76. The topological polar surface area (TPSA) is 12.9 Å². The van der Waals surface area contributed by atoms with Crippen molar-refractivity contribution in [2.24, 2.45) is 0 Å². The lowest BCUT2D eigenvalue weighted by molar-refractivity contribution is 0.938. The lowest BCUT2D eigenvalue weighted by Crippen LogP contribution is -1.85. The first-order chi connectivity index (χ1) is 7.70. The summed E-state index contributed by atoms with van der Waals surface area (Å²) in [6, 6.07) is 8.38. The van der Waals surface area contributed by atoms with Crippen LogP contribution in [0.25, 0.3) is 11.3 Å². The molecule has 1 aromatic heterocycles. The second-order valence-corrected chi connectivity index (χ2v) is 5.96. The van der Waals surface area contributed by atoms with Gasteiger partial charge in [-0.05, 0) is 25.5 Å². The van der Waals surface area contributed by atoms with E-state index in [0.29, 0.717) is 0 Å². The second kappa shape index (κ2) is 5.11. The molecule has 0 aliphatic rings. The molecule has 0 N–H and O–H groups in total. The number of aryl methyl sites for hydroxylation is 2. The van der Waals surface area contributed by atoms with Gasteiger partial charge in [-0.1, -0.05) is 41.4 Å². The summed E-state index contributed by atoms with van der Waals surface area (Å²) in [6.45, 7) is 4.28. The minimum atomic E-state index is 1.11. The fourth-order valence-corrected chi connectivity index (χ4v) is 3.02. The van der Waals surface area contributed by atoms with Gasteiger partial charge in [0.1, 0.15) is 0 Å². The minimum Gasteiger partial charge on any atom is -0.241 e. The molecule has 0 aliphatic carbocycles. The SMILES string of the molecule is CCCc1sc(C)nc1-c1ccc(Br)cc1. The van der Waals surface area contributed by atoms with Crippen molar-refractivity contribution in [2.75, 3.05) is 0 Å². The fourth-order valence-electron chi connectivity index (χ4n) is 1.70. The van der Waals surface area contributed by atoms with Crippen LogP contribution in [0.2, 0.25) is 0 Å². The van der Waals surface area contributed by atoms with Gasteiger partial charge in [-0.2, -0.15) is 0 Å². The number of rotatable bonds is 3. The highest BCUT2D eigenvalue weighted by Crippen LogP contribution is 2.29. The monoisotopic (exact) mass is 295 g/mol. The summed E-state index contributed by atoms with van der Waals surface area (Å²) >= 11 is 5.27. The maximum absolute atomic E-state index is 4.63. The Morgan fingerprint density at radius 3 is 2.56 bits per heavy atom. The molecule has 16 heavy (non-hydrogen) atoms. The molecule has 0 spiro atoms. The number of hydrogen-bond donors (Lipinski definition) is 0. The zero-order valence-corrected chi connectivity index (χ0v) is 11.9. The molecule has 2 rings (SSSR count). The van der Waals surface area contributed by atoms with Gasteiger partial charge in [0.15, 0.2) is 0 Å². The first kappa shape index (κ1) is 11.8. The molecular weight excluding hydrogens is 282 g/mol. The average Bonchev–Trinajstić information content (AvgIpc) is 2.61. The van der Waals surface area contributed by atoms with E-state index in [2.05, 4.69) is 59.0 Å². The zero-order valence-electron chi connectivity index (χ0n) is 9.46. The smallest absolute Gasteiger partial charge is 0.0904 e. The molecule has 1 heterocycles.